The number of fused-ring (bicyclic) bond motifs is 2. The van der Waals surface area contributed by atoms with E-state index >= 15 is 0 Å². The average Bonchev–Trinajstić information content (AvgIpc) is 3.36. The number of likely N-dealkylation sites (N-methyl/N-ethyl adjacent to an activating group) is 1. The quantitative estimate of drug-likeness (QED) is 0.240. The number of hydrogen-bond donors (Lipinski definition) is 2. The van der Waals surface area contributed by atoms with Gasteiger partial charge in [-0.2, -0.15) is 5.26 Å². The van der Waals surface area contributed by atoms with Gasteiger partial charge < -0.3 is 25.2 Å². The van der Waals surface area contributed by atoms with E-state index in [9.17, 15) is 10.1 Å². The van der Waals surface area contributed by atoms with Crippen LogP contribution in [0.2, 0.25) is 0 Å². The number of anilines is 4. The molecule has 0 spiro atoms. The first kappa shape index (κ1) is 27.7. The summed E-state index contributed by atoms with van der Waals surface area (Å²) in [6.45, 7) is 4.80. The number of rotatable bonds is 10. The fraction of sp³-hybridized carbons (Fsp3) is 0.242. The molecule has 1 aliphatic heterocycles. The zero-order valence-electron chi connectivity index (χ0n) is 23.6. The average molecular weight is 547 g/mol. The molecule has 8 heteroatoms. The minimum atomic E-state index is -0.260. The molecule has 0 fully saturated rings. The van der Waals surface area contributed by atoms with Crippen LogP contribution in [0.1, 0.15) is 23.6 Å². The molecule has 5 rings (SSSR count). The van der Waals surface area contributed by atoms with Crippen LogP contribution < -0.4 is 20.3 Å². The molecule has 0 atom stereocenters. The van der Waals surface area contributed by atoms with Crippen molar-refractivity contribution in [3.63, 3.8) is 0 Å². The summed E-state index contributed by atoms with van der Waals surface area (Å²) in [4.78, 5) is 21.6. The number of nitriles is 1. The second kappa shape index (κ2) is 12.5. The van der Waals surface area contributed by atoms with Gasteiger partial charge in [0.2, 0.25) is 5.91 Å². The van der Waals surface area contributed by atoms with Crippen LogP contribution in [0.3, 0.4) is 0 Å². The third-order valence-corrected chi connectivity index (χ3v) is 6.94. The summed E-state index contributed by atoms with van der Waals surface area (Å²) in [6, 6.07) is 22.7. The van der Waals surface area contributed by atoms with E-state index in [-0.39, 0.29) is 5.91 Å². The van der Waals surface area contributed by atoms with E-state index in [1.54, 1.807) is 18.3 Å². The Morgan fingerprint density at radius 3 is 2.76 bits per heavy atom. The summed E-state index contributed by atoms with van der Waals surface area (Å²) in [5, 5.41) is 17.1. The number of carbonyl (C=O) groups excluding carboxylic acids is 1. The Labute approximate surface area is 240 Å². The van der Waals surface area contributed by atoms with Gasteiger partial charge in [-0.15, -0.1) is 0 Å². The maximum atomic E-state index is 12.7. The first-order valence-electron chi connectivity index (χ1n) is 13.8. The highest BCUT2D eigenvalue weighted by Crippen LogP contribution is 2.38. The topological polar surface area (TPSA) is 93.5 Å². The summed E-state index contributed by atoms with van der Waals surface area (Å²) in [6.07, 6.45) is 5.83. The molecule has 0 unspecified atom stereocenters. The first-order chi connectivity index (χ1) is 19.9. The van der Waals surface area contributed by atoms with Crippen molar-refractivity contribution in [2.75, 3.05) is 49.3 Å². The molecule has 8 nitrogen and oxygen atoms in total. The second-order valence-electron chi connectivity index (χ2n) is 10.2. The van der Waals surface area contributed by atoms with Crippen LogP contribution >= 0.6 is 0 Å². The van der Waals surface area contributed by atoms with Crippen molar-refractivity contribution in [1.82, 2.24) is 9.88 Å². The SMILES string of the molecule is CCOc1cc2ncc(C#N)c(Nc3ccc4c(c3)CCN4Cc3ccccc3)c2cc1NC(=O)/C=C/CN(C)C. The minimum absolute atomic E-state index is 0.260. The van der Waals surface area contributed by atoms with Crippen molar-refractivity contribution in [3.8, 4) is 11.8 Å². The lowest BCUT2D eigenvalue weighted by atomic mass is 10.1. The fourth-order valence-electron chi connectivity index (χ4n) is 5.02. The molecule has 3 aromatic carbocycles. The monoisotopic (exact) mass is 546 g/mol. The predicted molar refractivity (Wildman–Crippen MR) is 165 cm³/mol. The Bertz CT molecular complexity index is 1620. The molecule has 0 saturated heterocycles. The van der Waals surface area contributed by atoms with Crippen molar-refractivity contribution in [2.45, 2.75) is 19.9 Å². The molecule has 0 aliphatic carbocycles. The summed E-state index contributed by atoms with van der Waals surface area (Å²) in [5.41, 5.74) is 6.89. The molecule has 208 valence electrons. The van der Waals surface area contributed by atoms with Gasteiger partial charge in [-0.05, 0) is 62.8 Å². The van der Waals surface area contributed by atoms with Crippen LogP contribution in [-0.2, 0) is 17.8 Å². The summed E-state index contributed by atoms with van der Waals surface area (Å²) in [5.74, 6) is 0.262. The molecule has 1 aromatic heterocycles. The van der Waals surface area contributed by atoms with Gasteiger partial charge in [-0.3, -0.25) is 9.78 Å². The summed E-state index contributed by atoms with van der Waals surface area (Å²) >= 11 is 0. The Hall–Kier alpha value is -4.87. The lowest BCUT2D eigenvalue weighted by Crippen LogP contribution is -2.19. The van der Waals surface area contributed by atoms with E-state index in [0.29, 0.717) is 46.7 Å². The lowest BCUT2D eigenvalue weighted by Gasteiger charge is -2.20. The Balaban J connectivity index is 1.46. The number of aromatic nitrogens is 1. The number of nitrogens with one attached hydrogen (secondary N) is 2. The van der Waals surface area contributed by atoms with Gasteiger partial charge in [0, 0.05) is 54.7 Å². The number of pyridine rings is 1. The van der Waals surface area contributed by atoms with Gasteiger partial charge in [0.25, 0.3) is 0 Å². The van der Waals surface area contributed by atoms with E-state index in [1.807, 2.05) is 44.1 Å². The van der Waals surface area contributed by atoms with Gasteiger partial charge in [0.05, 0.1) is 29.1 Å². The standard InChI is InChI=1S/C33H34N6O2/c1-4-41-31-19-28-27(18-29(31)37-32(40)11-8-15-38(2)3)33(25(20-34)21-35-28)36-26-12-13-30-24(17-26)14-16-39(30)22-23-9-6-5-7-10-23/h5-13,17-19,21H,4,14-16,22H2,1-3H3,(H,35,36)(H,37,40)/b11-8+. The Morgan fingerprint density at radius 1 is 1.17 bits per heavy atom. The van der Waals surface area contributed by atoms with Crippen molar-refractivity contribution < 1.29 is 9.53 Å². The van der Waals surface area contributed by atoms with Crippen LogP contribution in [-0.4, -0.2) is 49.6 Å². The van der Waals surface area contributed by atoms with E-state index < -0.39 is 0 Å². The fourth-order valence-corrected chi connectivity index (χ4v) is 5.02. The van der Waals surface area contributed by atoms with E-state index in [1.165, 1.54) is 22.9 Å². The molecule has 1 aliphatic rings. The third-order valence-electron chi connectivity index (χ3n) is 6.94. The Morgan fingerprint density at radius 2 is 2.00 bits per heavy atom. The Kier molecular flexibility index (Phi) is 8.47. The van der Waals surface area contributed by atoms with Gasteiger partial charge in [0.1, 0.15) is 11.8 Å². The first-order valence-corrected chi connectivity index (χ1v) is 13.8. The van der Waals surface area contributed by atoms with Gasteiger partial charge in [-0.25, -0.2) is 0 Å². The number of hydrogen-bond acceptors (Lipinski definition) is 7. The van der Waals surface area contributed by atoms with E-state index in [0.717, 1.165) is 25.2 Å². The zero-order valence-corrected chi connectivity index (χ0v) is 23.6. The molecule has 1 amide bonds. The number of carbonyl (C=O) groups is 1. The van der Waals surface area contributed by atoms with E-state index in [4.69, 9.17) is 4.74 Å². The van der Waals surface area contributed by atoms with Gasteiger partial charge in [0.15, 0.2) is 0 Å². The highest BCUT2D eigenvalue weighted by Gasteiger charge is 2.20. The maximum Gasteiger partial charge on any atom is 0.248 e. The molecule has 2 heterocycles. The molecule has 0 bridgehead atoms. The van der Waals surface area contributed by atoms with Crippen molar-refractivity contribution >= 4 is 39.6 Å². The smallest absolute Gasteiger partial charge is 0.248 e. The van der Waals surface area contributed by atoms with Crippen LogP contribution in [0.25, 0.3) is 10.9 Å². The van der Waals surface area contributed by atoms with Crippen molar-refractivity contribution in [2.24, 2.45) is 0 Å². The highest BCUT2D eigenvalue weighted by atomic mass is 16.5. The largest absolute Gasteiger partial charge is 0.492 e. The predicted octanol–water partition coefficient (Wildman–Crippen LogP) is 5.87. The van der Waals surface area contributed by atoms with Crippen LogP contribution in [0.5, 0.6) is 5.75 Å². The molecule has 4 aromatic rings. The highest BCUT2D eigenvalue weighted by molar-refractivity contribution is 6.05. The zero-order chi connectivity index (χ0) is 28.8. The molecule has 0 saturated carbocycles. The third kappa shape index (κ3) is 6.48. The number of ether oxygens (including phenoxy) is 1. The lowest BCUT2D eigenvalue weighted by molar-refractivity contribution is -0.111. The van der Waals surface area contributed by atoms with Crippen molar-refractivity contribution in [1.29, 1.82) is 5.26 Å². The molecule has 41 heavy (non-hydrogen) atoms. The second-order valence-corrected chi connectivity index (χ2v) is 10.2. The number of nitrogens with zero attached hydrogens (tertiary/aromatic N) is 4. The summed E-state index contributed by atoms with van der Waals surface area (Å²) < 4.78 is 5.83. The van der Waals surface area contributed by atoms with Crippen LogP contribution in [0.15, 0.2) is 79.0 Å². The van der Waals surface area contributed by atoms with E-state index in [2.05, 4.69) is 63.0 Å². The van der Waals surface area contributed by atoms with Crippen LogP contribution in [0, 0.1) is 11.3 Å². The number of benzene rings is 3. The minimum Gasteiger partial charge on any atom is -0.492 e. The number of amides is 1. The van der Waals surface area contributed by atoms with Gasteiger partial charge in [-0.1, -0.05) is 36.4 Å². The molecule has 2 N–H and O–H groups in total. The molecular formula is C33H34N6O2. The van der Waals surface area contributed by atoms with Gasteiger partial charge >= 0.3 is 0 Å². The van der Waals surface area contributed by atoms with Crippen molar-refractivity contribution in [3.05, 3.63) is 95.7 Å². The normalized spacial score (nSPS) is 12.5. The summed E-state index contributed by atoms with van der Waals surface area (Å²) in [7, 11) is 3.88. The maximum absolute atomic E-state index is 12.7. The molecule has 0 radical (unpaired) electrons. The molecular weight excluding hydrogens is 512 g/mol. The van der Waals surface area contributed by atoms with Crippen LogP contribution in [0.4, 0.5) is 22.7 Å².